The number of carbonyl (C=O) groups is 1. The largest absolute Gasteiger partial charge is 0.497 e. The minimum Gasteiger partial charge on any atom is -0.497 e. The average Bonchev–Trinajstić information content (AvgIpc) is 2.27. The van der Waals surface area contributed by atoms with Crippen molar-refractivity contribution in [3.63, 3.8) is 0 Å². The van der Waals surface area contributed by atoms with Gasteiger partial charge in [0, 0.05) is 6.08 Å². The number of hydrogen-bond acceptors (Lipinski definition) is 4. The normalized spacial score (nSPS) is 9.60. The lowest BCUT2D eigenvalue weighted by molar-refractivity contribution is -0.131. The van der Waals surface area contributed by atoms with E-state index in [0.29, 0.717) is 0 Å². The van der Waals surface area contributed by atoms with Crippen LogP contribution in [0.25, 0.3) is 6.08 Å². The van der Waals surface area contributed by atoms with Gasteiger partial charge in [-0.1, -0.05) is 12.1 Å². The van der Waals surface area contributed by atoms with E-state index < -0.39 is 5.97 Å². The van der Waals surface area contributed by atoms with E-state index in [9.17, 15) is 4.79 Å². The highest BCUT2D eigenvalue weighted by molar-refractivity contribution is 5.87. The van der Waals surface area contributed by atoms with Crippen LogP contribution >= 0.6 is 0 Å². The fourth-order valence-electron chi connectivity index (χ4n) is 0.958. The van der Waals surface area contributed by atoms with Crippen molar-refractivity contribution in [2.45, 2.75) is 0 Å². The summed E-state index contributed by atoms with van der Waals surface area (Å²) in [6, 6.07) is 7.12. The minimum atomic E-state index is -0.687. The fourth-order valence-corrected chi connectivity index (χ4v) is 0.958. The third-order valence-corrected chi connectivity index (χ3v) is 1.67. The maximum atomic E-state index is 10.8. The van der Waals surface area contributed by atoms with Crippen LogP contribution in [0.15, 0.2) is 30.3 Å². The molecule has 0 unspecified atom stereocenters. The first kappa shape index (κ1) is 10.8. The van der Waals surface area contributed by atoms with Crippen LogP contribution in [0.4, 0.5) is 0 Å². The Balaban J connectivity index is 2.65. The quantitative estimate of drug-likeness (QED) is 0.426. The second kappa shape index (κ2) is 5.45. The van der Waals surface area contributed by atoms with E-state index in [1.807, 2.05) is 0 Å². The molecule has 0 saturated carbocycles. The van der Waals surface area contributed by atoms with Crippen LogP contribution in [0.1, 0.15) is 5.56 Å². The number of ether oxygens (including phenoxy) is 2. The zero-order valence-electron chi connectivity index (χ0n) is 8.14. The Morgan fingerprint density at radius 3 is 2.60 bits per heavy atom. The van der Waals surface area contributed by atoms with Crippen LogP contribution in [-0.2, 0) is 9.53 Å². The van der Waals surface area contributed by atoms with E-state index in [1.54, 1.807) is 37.5 Å². The summed E-state index contributed by atoms with van der Waals surface area (Å²) in [6.45, 7) is 0. The highest BCUT2D eigenvalue weighted by Gasteiger charge is 1.95. The predicted molar refractivity (Wildman–Crippen MR) is 53.7 cm³/mol. The number of hydrogen-bond donors (Lipinski definition) is 0. The topological polar surface area (TPSA) is 59.3 Å². The molecule has 0 atom stereocenters. The van der Waals surface area contributed by atoms with Crippen molar-refractivity contribution in [1.29, 1.82) is 5.26 Å². The zero-order valence-corrected chi connectivity index (χ0v) is 8.14. The Morgan fingerprint density at radius 1 is 1.40 bits per heavy atom. The van der Waals surface area contributed by atoms with Crippen molar-refractivity contribution in [2.24, 2.45) is 0 Å². The summed E-state index contributed by atoms with van der Waals surface area (Å²) in [6.07, 6.45) is 4.04. The number of methoxy groups -OCH3 is 1. The Labute approximate surface area is 87.3 Å². The summed E-state index contributed by atoms with van der Waals surface area (Å²) < 4.78 is 9.04. The van der Waals surface area contributed by atoms with Crippen molar-refractivity contribution in [3.8, 4) is 12.0 Å². The van der Waals surface area contributed by atoms with Gasteiger partial charge in [-0.15, -0.1) is 5.26 Å². The molecule has 0 aliphatic carbocycles. The molecule has 0 aliphatic rings. The summed E-state index contributed by atoms with van der Waals surface area (Å²) >= 11 is 0. The molecule has 0 aliphatic heterocycles. The first-order chi connectivity index (χ1) is 7.26. The van der Waals surface area contributed by atoms with Gasteiger partial charge in [0.1, 0.15) is 5.75 Å². The summed E-state index contributed by atoms with van der Waals surface area (Å²) in [5, 5.41) is 8.06. The standard InChI is InChI=1S/C11H9NO3/c1-14-10-5-2-9(3-6-10)4-7-11(13)15-8-12/h2-7H,1H3. The van der Waals surface area contributed by atoms with Crippen LogP contribution in [-0.4, -0.2) is 13.1 Å². The van der Waals surface area contributed by atoms with Crippen LogP contribution in [0.2, 0.25) is 0 Å². The first-order valence-electron chi connectivity index (χ1n) is 4.18. The molecule has 0 radical (unpaired) electrons. The Morgan fingerprint density at radius 2 is 2.07 bits per heavy atom. The van der Waals surface area contributed by atoms with Crippen molar-refractivity contribution in [2.75, 3.05) is 7.11 Å². The van der Waals surface area contributed by atoms with E-state index in [4.69, 9.17) is 10.00 Å². The molecule has 0 spiro atoms. The molecule has 0 fully saturated rings. The molecule has 0 saturated heterocycles. The second-order valence-electron chi connectivity index (χ2n) is 2.62. The third kappa shape index (κ3) is 3.53. The molecule has 1 aromatic carbocycles. The molecule has 0 amide bonds. The Kier molecular flexibility index (Phi) is 3.92. The highest BCUT2D eigenvalue weighted by atomic mass is 16.5. The molecule has 4 nitrogen and oxygen atoms in total. The van der Waals surface area contributed by atoms with E-state index in [-0.39, 0.29) is 0 Å². The molecule has 76 valence electrons. The summed E-state index contributed by atoms with van der Waals surface area (Å²) in [5.74, 6) is 0.0556. The van der Waals surface area contributed by atoms with E-state index in [0.717, 1.165) is 11.3 Å². The molecule has 0 bridgehead atoms. The number of rotatable bonds is 3. The number of carbonyl (C=O) groups excluding carboxylic acids is 1. The fraction of sp³-hybridized carbons (Fsp3) is 0.0909. The SMILES string of the molecule is COc1ccc(C=CC(=O)OC#N)cc1. The van der Waals surface area contributed by atoms with Gasteiger partial charge in [0.05, 0.1) is 7.11 Å². The van der Waals surface area contributed by atoms with E-state index >= 15 is 0 Å². The summed E-state index contributed by atoms with van der Waals surface area (Å²) in [7, 11) is 1.58. The number of nitriles is 1. The molecule has 15 heavy (non-hydrogen) atoms. The van der Waals surface area contributed by atoms with Crippen molar-refractivity contribution < 1.29 is 14.3 Å². The average molecular weight is 203 g/mol. The van der Waals surface area contributed by atoms with Gasteiger partial charge in [0.2, 0.25) is 0 Å². The maximum absolute atomic E-state index is 10.8. The first-order valence-corrected chi connectivity index (χ1v) is 4.18. The molecular formula is C11H9NO3. The Hall–Kier alpha value is -2.28. The zero-order chi connectivity index (χ0) is 11.1. The van der Waals surface area contributed by atoms with Crippen LogP contribution in [0, 0.1) is 11.5 Å². The summed E-state index contributed by atoms with van der Waals surface area (Å²) in [4.78, 5) is 10.8. The third-order valence-electron chi connectivity index (χ3n) is 1.67. The molecule has 0 N–H and O–H groups in total. The summed E-state index contributed by atoms with van der Waals surface area (Å²) in [5.41, 5.74) is 0.825. The molecular weight excluding hydrogens is 194 g/mol. The lowest BCUT2D eigenvalue weighted by Crippen LogP contribution is -1.92. The predicted octanol–water partition coefficient (Wildman–Crippen LogP) is 1.73. The van der Waals surface area contributed by atoms with E-state index in [1.165, 1.54) is 12.3 Å². The van der Waals surface area contributed by atoms with Crippen LogP contribution < -0.4 is 4.74 Å². The van der Waals surface area contributed by atoms with Crippen LogP contribution in [0.3, 0.4) is 0 Å². The number of esters is 1. The Bertz CT molecular complexity index is 401. The van der Waals surface area contributed by atoms with Gasteiger partial charge in [0.15, 0.2) is 0 Å². The van der Waals surface area contributed by atoms with Crippen molar-refractivity contribution in [3.05, 3.63) is 35.9 Å². The highest BCUT2D eigenvalue weighted by Crippen LogP contribution is 2.12. The van der Waals surface area contributed by atoms with Gasteiger partial charge in [-0.05, 0) is 23.8 Å². The van der Waals surface area contributed by atoms with Crippen molar-refractivity contribution >= 4 is 12.0 Å². The molecule has 1 aromatic rings. The monoisotopic (exact) mass is 203 g/mol. The lowest BCUT2D eigenvalue weighted by atomic mass is 10.2. The minimum absolute atomic E-state index is 0.687. The molecule has 0 heterocycles. The number of nitrogens with zero attached hydrogens (tertiary/aromatic N) is 1. The lowest BCUT2D eigenvalue weighted by Gasteiger charge is -1.98. The van der Waals surface area contributed by atoms with Gasteiger partial charge in [0.25, 0.3) is 6.26 Å². The smallest absolute Gasteiger partial charge is 0.346 e. The molecule has 0 aromatic heterocycles. The van der Waals surface area contributed by atoms with Gasteiger partial charge >= 0.3 is 5.97 Å². The van der Waals surface area contributed by atoms with Gasteiger partial charge in [-0.25, -0.2) is 4.79 Å². The van der Waals surface area contributed by atoms with Gasteiger partial charge < -0.3 is 9.47 Å². The molecule has 4 heteroatoms. The second-order valence-corrected chi connectivity index (χ2v) is 2.62. The number of benzene rings is 1. The van der Waals surface area contributed by atoms with Crippen LogP contribution in [0.5, 0.6) is 5.75 Å². The van der Waals surface area contributed by atoms with Gasteiger partial charge in [-0.3, -0.25) is 0 Å². The molecule has 1 rings (SSSR count). The van der Waals surface area contributed by atoms with Crippen molar-refractivity contribution in [1.82, 2.24) is 0 Å². The van der Waals surface area contributed by atoms with Gasteiger partial charge in [-0.2, -0.15) is 0 Å². The maximum Gasteiger partial charge on any atom is 0.346 e. The van der Waals surface area contributed by atoms with E-state index in [2.05, 4.69) is 4.74 Å².